The van der Waals surface area contributed by atoms with E-state index in [0.717, 1.165) is 16.8 Å². The van der Waals surface area contributed by atoms with E-state index in [1.807, 2.05) is 55.6 Å². The van der Waals surface area contributed by atoms with Crippen LogP contribution in [0, 0.1) is 0 Å². The van der Waals surface area contributed by atoms with Crippen LogP contribution < -0.4 is 4.74 Å². The Morgan fingerprint density at radius 1 is 1.17 bits per heavy atom. The van der Waals surface area contributed by atoms with Crippen molar-refractivity contribution in [1.29, 1.82) is 0 Å². The van der Waals surface area contributed by atoms with E-state index in [1.165, 1.54) is 0 Å². The Labute approximate surface area is 140 Å². The molecule has 1 atom stereocenters. The van der Waals surface area contributed by atoms with Gasteiger partial charge in [-0.1, -0.05) is 35.5 Å². The Kier molecular flexibility index (Phi) is 5.18. The molecule has 0 amide bonds. The fourth-order valence-electron chi connectivity index (χ4n) is 2.40. The number of benzene rings is 1. The third-order valence-corrected chi connectivity index (χ3v) is 3.68. The number of hydrogen-bond acceptors (Lipinski definition) is 5. The third kappa shape index (κ3) is 3.97. The Balaban J connectivity index is 1.61. The number of rotatable bonds is 7. The van der Waals surface area contributed by atoms with Crippen molar-refractivity contribution < 1.29 is 9.84 Å². The van der Waals surface area contributed by atoms with Gasteiger partial charge in [-0.05, 0) is 25.0 Å². The first-order valence-electron chi connectivity index (χ1n) is 7.98. The zero-order chi connectivity index (χ0) is 16.8. The monoisotopic (exact) mass is 324 g/mol. The molecule has 0 aliphatic rings. The molecule has 0 bridgehead atoms. The number of aliphatic hydroxyl groups excluding tert-OH is 1. The highest BCUT2D eigenvalue weighted by molar-refractivity contribution is 5.56. The fraction of sp³-hybridized carbons (Fsp3) is 0.278. The first-order valence-corrected chi connectivity index (χ1v) is 7.98. The van der Waals surface area contributed by atoms with Gasteiger partial charge in [-0.25, -0.2) is 4.98 Å². The summed E-state index contributed by atoms with van der Waals surface area (Å²) in [5.41, 5.74) is 2.54. The summed E-state index contributed by atoms with van der Waals surface area (Å²) in [6.45, 7) is 3.10. The largest absolute Gasteiger partial charge is 0.478 e. The van der Waals surface area contributed by atoms with E-state index in [2.05, 4.69) is 15.3 Å². The molecule has 0 unspecified atom stereocenters. The van der Waals surface area contributed by atoms with Crippen molar-refractivity contribution in [2.24, 2.45) is 0 Å². The molecule has 2 aromatic heterocycles. The molecule has 0 radical (unpaired) electrons. The van der Waals surface area contributed by atoms with E-state index in [9.17, 15) is 5.11 Å². The van der Waals surface area contributed by atoms with Gasteiger partial charge in [0.2, 0.25) is 5.88 Å². The quantitative estimate of drug-likeness (QED) is 0.723. The molecule has 1 aromatic carbocycles. The minimum Gasteiger partial charge on any atom is -0.478 e. The number of aliphatic hydroxyl groups is 1. The number of hydrogen-bond donors (Lipinski definition) is 1. The Hall–Kier alpha value is -2.73. The van der Waals surface area contributed by atoms with Crippen LogP contribution in [-0.4, -0.2) is 31.7 Å². The molecular weight excluding hydrogens is 304 g/mol. The summed E-state index contributed by atoms with van der Waals surface area (Å²) in [6, 6.07) is 13.3. The molecule has 1 N–H and O–H groups in total. The molecule has 0 aliphatic heterocycles. The fourth-order valence-corrected chi connectivity index (χ4v) is 2.40. The van der Waals surface area contributed by atoms with Crippen LogP contribution in [0.25, 0.3) is 11.3 Å². The van der Waals surface area contributed by atoms with Crippen molar-refractivity contribution in [2.45, 2.75) is 26.0 Å². The number of nitrogens with zero attached hydrogens (tertiary/aromatic N) is 4. The molecule has 0 spiro atoms. The maximum absolute atomic E-state index is 10.2. The maximum atomic E-state index is 10.2. The zero-order valence-corrected chi connectivity index (χ0v) is 13.5. The van der Waals surface area contributed by atoms with Crippen LogP contribution >= 0.6 is 0 Å². The highest BCUT2D eigenvalue weighted by Crippen LogP contribution is 2.19. The predicted molar refractivity (Wildman–Crippen MR) is 90.4 cm³/mol. The van der Waals surface area contributed by atoms with Crippen molar-refractivity contribution in [3.05, 3.63) is 60.4 Å². The summed E-state index contributed by atoms with van der Waals surface area (Å²) in [5.74, 6) is 0.597. The molecule has 3 aromatic rings. The van der Waals surface area contributed by atoms with Crippen molar-refractivity contribution in [3.8, 4) is 17.1 Å². The first kappa shape index (κ1) is 16.1. The van der Waals surface area contributed by atoms with Gasteiger partial charge in [0.15, 0.2) is 0 Å². The van der Waals surface area contributed by atoms with Crippen LogP contribution in [0.2, 0.25) is 0 Å². The minimum atomic E-state index is -0.508. The summed E-state index contributed by atoms with van der Waals surface area (Å²) >= 11 is 0. The lowest BCUT2D eigenvalue weighted by Gasteiger charge is -2.10. The van der Waals surface area contributed by atoms with Crippen molar-refractivity contribution >= 4 is 0 Å². The van der Waals surface area contributed by atoms with Gasteiger partial charge < -0.3 is 9.84 Å². The number of pyridine rings is 1. The van der Waals surface area contributed by atoms with Crippen LogP contribution in [0.3, 0.4) is 0 Å². The van der Waals surface area contributed by atoms with Gasteiger partial charge in [-0.3, -0.25) is 4.68 Å². The van der Waals surface area contributed by atoms with Crippen molar-refractivity contribution in [2.75, 3.05) is 6.61 Å². The van der Waals surface area contributed by atoms with Gasteiger partial charge in [-0.2, -0.15) is 0 Å². The molecule has 0 aliphatic carbocycles. The van der Waals surface area contributed by atoms with E-state index >= 15 is 0 Å². The Bertz CT molecular complexity index is 756. The van der Waals surface area contributed by atoms with Gasteiger partial charge in [-0.15, -0.1) is 5.10 Å². The average Bonchev–Trinajstić information content (AvgIpc) is 3.10. The lowest BCUT2D eigenvalue weighted by molar-refractivity contribution is 0.159. The molecular formula is C18H20N4O2. The molecule has 2 heterocycles. The Morgan fingerprint density at radius 3 is 2.71 bits per heavy atom. The summed E-state index contributed by atoms with van der Waals surface area (Å²) in [6.07, 6.45) is 3.65. The summed E-state index contributed by atoms with van der Waals surface area (Å²) in [4.78, 5) is 4.23. The molecule has 0 fully saturated rings. The number of ether oxygens (including phenoxy) is 1. The SMILES string of the molecule is CCOc1ccc(-c2cn(CC[C@@H](O)c3ccccc3)nn2)cn1. The summed E-state index contributed by atoms with van der Waals surface area (Å²) < 4.78 is 7.06. The highest BCUT2D eigenvalue weighted by Gasteiger charge is 2.09. The van der Waals surface area contributed by atoms with Crippen LogP contribution in [-0.2, 0) is 6.54 Å². The van der Waals surface area contributed by atoms with E-state index in [4.69, 9.17) is 4.74 Å². The third-order valence-electron chi connectivity index (χ3n) is 3.68. The first-order chi connectivity index (χ1) is 11.8. The normalized spacial score (nSPS) is 12.1. The van der Waals surface area contributed by atoms with Gasteiger partial charge in [0, 0.05) is 24.4 Å². The van der Waals surface area contributed by atoms with Gasteiger partial charge >= 0.3 is 0 Å². The Morgan fingerprint density at radius 2 is 2.00 bits per heavy atom. The second-order valence-electron chi connectivity index (χ2n) is 5.40. The van der Waals surface area contributed by atoms with E-state index in [-0.39, 0.29) is 0 Å². The zero-order valence-electron chi connectivity index (χ0n) is 13.5. The molecule has 6 heteroatoms. The van der Waals surface area contributed by atoms with Crippen LogP contribution in [0.15, 0.2) is 54.9 Å². The summed E-state index contributed by atoms with van der Waals surface area (Å²) in [5, 5.41) is 18.5. The second-order valence-corrected chi connectivity index (χ2v) is 5.40. The molecule has 0 saturated heterocycles. The maximum Gasteiger partial charge on any atom is 0.213 e. The summed E-state index contributed by atoms with van der Waals surface area (Å²) in [7, 11) is 0. The molecule has 3 rings (SSSR count). The van der Waals surface area contributed by atoms with Crippen LogP contribution in [0.1, 0.15) is 25.0 Å². The van der Waals surface area contributed by atoms with Crippen LogP contribution in [0.4, 0.5) is 0 Å². The number of aromatic nitrogens is 4. The van der Waals surface area contributed by atoms with Crippen molar-refractivity contribution in [3.63, 3.8) is 0 Å². The molecule has 6 nitrogen and oxygen atoms in total. The number of aryl methyl sites for hydroxylation is 1. The lowest BCUT2D eigenvalue weighted by Crippen LogP contribution is -2.05. The molecule has 124 valence electrons. The topological polar surface area (TPSA) is 73.1 Å². The van der Waals surface area contributed by atoms with E-state index in [0.29, 0.717) is 25.5 Å². The van der Waals surface area contributed by atoms with Gasteiger partial charge in [0.05, 0.1) is 18.9 Å². The van der Waals surface area contributed by atoms with E-state index in [1.54, 1.807) is 10.9 Å². The minimum absolute atomic E-state index is 0.508. The standard InChI is InChI=1S/C18H20N4O2/c1-2-24-18-9-8-15(12-19-18)16-13-22(21-20-16)11-10-17(23)14-6-4-3-5-7-14/h3-9,12-13,17,23H,2,10-11H2,1H3/t17-/m1/s1. The molecule has 24 heavy (non-hydrogen) atoms. The predicted octanol–water partition coefficient (Wildman–Crippen LogP) is 2.86. The van der Waals surface area contributed by atoms with Crippen LogP contribution in [0.5, 0.6) is 5.88 Å². The van der Waals surface area contributed by atoms with Gasteiger partial charge in [0.1, 0.15) is 5.69 Å². The second kappa shape index (κ2) is 7.70. The smallest absolute Gasteiger partial charge is 0.213 e. The highest BCUT2D eigenvalue weighted by atomic mass is 16.5. The lowest BCUT2D eigenvalue weighted by atomic mass is 10.1. The van der Waals surface area contributed by atoms with Crippen molar-refractivity contribution in [1.82, 2.24) is 20.0 Å². The van der Waals surface area contributed by atoms with Gasteiger partial charge in [0.25, 0.3) is 0 Å². The van der Waals surface area contributed by atoms with E-state index < -0.39 is 6.10 Å². The molecule has 0 saturated carbocycles. The average molecular weight is 324 g/mol.